The largest absolute Gasteiger partial charge is 0.321 e. The molecule has 0 radical (unpaired) electrons. The van der Waals surface area contributed by atoms with Crippen molar-refractivity contribution in [3.63, 3.8) is 0 Å². The summed E-state index contributed by atoms with van der Waals surface area (Å²) in [6.45, 7) is 1.97. The molecule has 2 N–H and O–H groups in total. The molecule has 1 amide bonds. The van der Waals surface area contributed by atoms with E-state index in [0.29, 0.717) is 22.3 Å². The van der Waals surface area contributed by atoms with Gasteiger partial charge in [0.25, 0.3) is 11.5 Å². The van der Waals surface area contributed by atoms with E-state index < -0.39 is 0 Å². The lowest BCUT2D eigenvalue weighted by atomic mass is 10.0. The van der Waals surface area contributed by atoms with Crippen molar-refractivity contribution in [2.75, 3.05) is 5.32 Å². The number of benzene rings is 2. The third-order valence-corrected chi connectivity index (χ3v) is 3.87. The number of fused-ring (bicyclic) bond motifs is 2. The molecule has 0 atom stereocenters. The van der Waals surface area contributed by atoms with E-state index in [4.69, 9.17) is 0 Å². The minimum atomic E-state index is -0.217. The number of rotatable bonds is 1. The quantitative estimate of drug-likeness (QED) is 0.679. The van der Waals surface area contributed by atoms with Crippen molar-refractivity contribution in [2.45, 2.75) is 6.92 Å². The maximum Gasteiger partial charge on any atom is 0.259 e. The van der Waals surface area contributed by atoms with Gasteiger partial charge in [-0.2, -0.15) is 0 Å². The van der Waals surface area contributed by atoms with Gasteiger partial charge in [0.05, 0.1) is 16.5 Å². The van der Waals surface area contributed by atoms with Gasteiger partial charge in [-0.1, -0.05) is 23.8 Å². The fraction of sp³-hybridized carbons (Fsp3) is 0.0556. The number of carbonyl (C=O) groups excluding carboxylic acids is 1. The van der Waals surface area contributed by atoms with E-state index in [-0.39, 0.29) is 11.5 Å². The second-order valence-corrected chi connectivity index (χ2v) is 5.53. The summed E-state index contributed by atoms with van der Waals surface area (Å²) >= 11 is 0. The number of anilines is 1. The van der Waals surface area contributed by atoms with Crippen LogP contribution in [0.5, 0.6) is 0 Å². The van der Waals surface area contributed by atoms with E-state index in [2.05, 4.69) is 15.3 Å². The Hall–Kier alpha value is -3.21. The predicted octanol–water partition coefficient (Wildman–Crippen LogP) is 2.72. The summed E-state index contributed by atoms with van der Waals surface area (Å²) in [5, 5.41) is 3.35. The zero-order valence-corrected chi connectivity index (χ0v) is 12.4. The van der Waals surface area contributed by atoms with Crippen molar-refractivity contribution >= 4 is 34.1 Å². The molecule has 0 bridgehead atoms. The number of para-hydroxylation sites is 1. The van der Waals surface area contributed by atoms with Crippen LogP contribution in [-0.2, 0) is 4.79 Å². The fourth-order valence-electron chi connectivity index (χ4n) is 2.75. The first kappa shape index (κ1) is 13.5. The molecular weight excluding hydrogens is 290 g/mol. The summed E-state index contributed by atoms with van der Waals surface area (Å²) in [6.07, 6.45) is 1.62. The van der Waals surface area contributed by atoms with E-state index in [1.54, 1.807) is 24.3 Å². The van der Waals surface area contributed by atoms with Crippen molar-refractivity contribution in [1.29, 1.82) is 0 Å². The van der Waals surface area contributed by atoms with Crippen LogP contribution in [0.3, 0.4) is 0 Å². The van der Waals surface area contributed by atoms with E-state index in [0.717, 1.165) is 16.8 Å². The van der Waals surface area contributed by atoms with Gasteiger partial charge in [-0.25, -0.2) is 4.98 Å². The lowest BCUT2D eigenvalue weighted by Gasteiger charge is -2.01. The third-order valence-electron chi connectivity index (χ3n) is 3.87. The summed E-state index contributed by atoms with van der Waals surface area (Å²) in [7, 11) is 0. The van der Waals surface area contributed by atoms with Crippen LogP contribution in [0.1, 0.15) is 17.0 Å². The molecule has 2 aromatic carbocycles. The molecule has 2 heterocycles. The molecule has 4 rings (SSSR count). The lowest BCUT2D eigenvalue weighted by Crippen LogP contribution is -2.10. The van der Waals surface area contributed by atoms with Crippen molar-refractivity contribution in [1.82, 2.24) is 9.97 Å². The third kappa shape index (κ3) is 2.23. The van der Waals surface area contributed by atoms with Gasteiger partial charge in [0.1, 0.15) is 5.82 Å². The molecular formula is C18H13N3O2. The number of amides is 1. The number of aromatic nitrogens is 2. The first-order valence-electron chi connectivity index (χ1n) is 7.25. The van der Waals surface area contributed by atoms with Crippen LogP contribution in [0.4, 0.5) is 5.69 Å². The highest BCUT2D eigenvalue weighted by Gasteiger charge is 2.24. The number of nitrogens with one attached hydrogen (secondary N) is 2. The van der Waals surface area contributed by atoms with Crippen LogP contribution in [0.15, 0.2) is 47.3 Å². The number of H-pyrrole nitrogens is 1. The Morgan fingerprint density at radius 2 is 1.91 bits per heavy atom. The second kappa shape index (κ2) is 4.91. The van der Waals surface area contributed by atoms with Crippen molar-refractivity contribution in [2.24, 2.45) is 0 Å². The molecule has 5 heteroatoms. The zero-order chi connectivity index (χ0) is 16.0. The lowest BCUT2D eigenvalue weighted by molar-refractivity contribution is -0.110. The molecule has 0 spiro atoms. The van der Waals surface area contributed by atoms with Gasteiger partial charge in [0.2, 0.25) is 0 Å². The van der Waals surface area contributed by atoms with Crippen LogP contribution in [0.25, 0.3) is 22.6 Å². The molecule has 0 unspecified atom stereocenters. The Kier molecular flexibility index (Phi) is 2.87. The van der Waals surface area contributed by atoms with Gasteiger partial charge in [0.15, 0.2) is 0 Å². The van der Waals surface area contributed by atoms with E-state index >= 15 is 0 Å². The van der Waals surface area contributed by atoms with Crippen LogP contribution in [0.2, 0.25) is 0 Å². The highest BCUT2D eigenvalue weighted by molar-refractivity contribution is 6.34. The zero-order valence-electron chi connectivity index (χ0n) is 12.4. The van der Waals surface area contributed by atoms with Gasteiger partial charge in [-0.15, -0.1) is 0 Å². The molecule has 1 aliphatic heterocycles. The molecule has 5 nitrogen and oxygen atoms in total. The summed E-state index contributed by atoms with van der Waals surface area (Å²) < 4.78 is 0. The molecule has 1 aliphatic rings. The number of hydrogen-bond acceptors (Lipinski definition) is 3. The predicted molar refractivity (Wildman–Crippen MR) is 90.0 cm³/mol. The fourth-order valence-corrected chi connectivity index (χ4v) is 2.75. The van der Waals surface area contributed by atoms with Gasteiger partial charge in [-0.3, -0.25) is 9.59 Å². The maximum atomic E-state index is 12.2. The molecule has 23 heavy (non-hydrogen) atoms. The molecule has 112 valence electrons. The summed E-state index contributed by atoms with van der Waals surface area (Å²) in [6, 6.07) is 12.9. The average Bonchev–Trinajstić information content (AvgIpc) is 2.83. The molecule has 0 saturated heterocycles. The standard InChI is InChI=1S/C18H13N3O2/c1-10-6-7-15-12(8-10)13(18(23)20-15)9-16-19-14-5-3-2-4-11(14)17(22)21-16/h2-9H,1H3,(H,20,23)(H,19,21,22)/b13-9+. The van der Waals surface area contributed by atoms with E-state index in [1.165, 1.54) is 0 Å². The van der Waals surface area contributed by atoms with Crippen molar-refractivity contribution < 1.29 is 4.79 Å². The van der Waals surface area contributed by atoms with E-state index in [9.17, 15) is 9.59 Å². The normalized spacial score (nSPS) is 15.0. The molecule has 0 aliphatic carbocycles. The first-order chi connectivity index (χ1) is 11.1. The minimum absolute atomic E-state index is 0.193. The molecule has 3 aromatic rings. The van der Waals surface area contributed by atoms with Crippen LogP contribution >= 0.6 is 0 Å². The number of aryl methyl sites for hydroxylation is 1. The van der Waals surface area contributed by atoms with Gasteiger partial charge in [0, 0.05) is 11.3 Å². The smallest absolute Gasteiger partial charge is 0.259 e. The van der Waals surface area contributed by atoms with Crippen LogP contribution in [0, 0.1) is 6.92 Å². The SMILES string of the molecule is Cc1ccc2c(c1)/C(=C\c1nc3ccccc3c(=O)[nH]1)C(=O)N2. The van der Waals surface area contributed by atoms with Crippen LogP contribution < -0.4 is 10.9 Å². The molecule has 0 fully saturated rings. The topological polar surface area (TPSA) is 74.8 Å². The maximum absolute atomic E-state index is 12.2. The summed E-state index contributed by atoms with van der Waals surface area (Å²) in [5.41, 5.74) is 3.55. The van der Waals surface area contributed by atoms with Gasteiger partial charge < -0.3 is 10.3 Å². The Balaban J connectivity index is 1.90. The van der Waals surface area contributed by atoms with Gasteiger partial charge in [-0.05, 0) is 37.3 Å². The molecule has 1 aromatic heterocycles. The Bertz CT molecular complexity index is 1050. The monoisotopic (exact) mass is 303 g/mol. The molecule has 0 saturated carbocycles. The van der Waals surface area contributed by atoms with Crippen molar-refractivity contribution in [3.8, 4) is 0 Å². The summed E-state index contributed by atoms with van der Waals surface area (Å²) in [4.78, 5) is 31.5. The number of carbonyl (C=O) groups is 1. The highest BCUT2D eigenvalue weighted by atomic mass is 16.2. The minimum Gasteiger partial charge on any atom is -0.321 e. The van der Waals surface area contributed by atoms with Crippen molar-refractivity contribution in [3.05, 3.63) is 69.8 Å². The Morgan fingerprint density at radius 1 is 1.09 bits per heavy atom. The Morgan fingerprint density at radius 3 is 2.78 bits per heavy atom. The Labute approximate surface area is 131 Å². The number of aromatic amines is 1. The van der Waals surface area contributed by atoms with Gasteiger partial charge >= 0.3 is 0 Å². The average molecular weight is 303 g/mol. The van der Waals surface area contributed by atoms with Crippen LogP contribution in [-0.4, -0.2) is 15.9 Å². The second-order valence-electron chi connectivity index (χ2n) is 5.53. The summed E-state index contributed by atoms with van der Waals surface area (Å²) in [5.74, 6) is 0.176. The number of hydrogen-bond donors (Lipinski definition) is 2. The highest BCUT2D eigenvalue weighted by Crippen LogP contribution is 2.33. The van der Waals surface area contributed by atoms with E-state index in [1.807, 2.05) is 31.2 Å². The number of nitrogens with zero attached hydrogens (tertiary/aromatic N) is 1. The first-order valence-corrected chi connectivity index (χ1v) is 7.25.